The first-order valence-corrected chi connectivity index (χ1v) is 9.67. The van der Waals surface area contributed by atoms with Crippen molar-refractivity contribution in [2.24, 2.45) is 0 Å². The third kappa shape index (κ3) is 3.80. The SMILES string of the molecule is C[C@@H](OC(=O)C1(c2ccccc2F)CCCC1)C(=O)NCc1cccs1. The molecule has 3 rings (SSSR count). The average molecular weight is 375 g/mol. The van der Waals surface area contributed by atoms with E-state index in [0.29, 0.717) is 24.9 Å². The van der Waals surface area contributed by atoms with Crippen LogP contribution in [0, 0.1) is 5.82 Å². The van der Waals surface area contributed by atoms with Gasteiger partial charge in [-0.1, -0.05) is 37.1 Å². The Balaban J connectivity index is 1.68. The Morgan fingerprint density at radius 2 is 1.96 bits per heavy atom. The minimum absolute atomic E-state index is 0.353. The van der Waals surface area contributed by atoms with Gasteiger partial charge < -0.3 is 10.1 Å². The molecule has 2 aromatic rings. The van der Waals surface area contributed by atoms with E-state index < -0.39 is 23.3 Å². The first-order chi connectivity index (χ1) is 12.5. The molecule has 6 heteroatoms. The van der Waals surface area contributed by atoms with Crippen LogP contribution < -0.4 is 5.32 Å². The predicted octanol–water partition coefficient (Wildman–Crippen LogP) is 3.95. The summed E-state index contributed by atoms with van der Waals surface area (Å²) in [7, 11) is 0. The summed E-state index contributed by atoms with van der Waals surface area (Å²) in [6.07, 6.45) is 1.82. The van der Waals surface area contributed by atoms with Gasteiger partial charge >= 0.3 is 5.97 Å². The molecule has 1 aliphatic rings. The maximum Gasteiger partial charge on any atom is 0.317 e. The van der Waals surface area contributed by atoms with Crippen LogP contribution in [0.4, 0.5) is 4.39 Å². The largest absolute Gasteiger partial charge is 0.452 e. The molecule has 0 unspecified atom stereocenters. The molecule has 1 aromatic carbocycles. The maximum atomic E-state index is 14.3. The van der Waals surface area contributed by atoms with Crippen molar-refractivity contribution in [2.75, 3.05) is 0 Å². The summed E-state index contributed by atoms with van der Waals surface area (Å²) in [6.45, 7) is 1.95. The molecule has 4 nitrogen and oxygen atoms in total. The molecule has 1 fully saturated rings. The second kappa shape index (κ2) is 7.99. The van der Waals surface area contributed by atoms with Crippen molar-refractivity contribution >= 4 is 23.2 Å². The normalized spacial score (nSPS) is 16.8. The number of carbonyl (C=O) groups excluding carboxylic acids is 2. The topological polar surface area (TPSA) is 55.4 Å². The molecule has 1 heterocycles. The van der Waals surface area contributed by atoms with Crippen molar-refractivity contribution < 1.29 is 18.7 Å². The number of rotatable bonds is 6. The van der Waals surface area contributed by atoms with E-state index in [1.807, 2.05) is 17.5 Å². The first kappa shape index (κ1) is 18.6. The van der Waals surface area contributed by atoms with Crippen LogP contribution in [0.2, 0.25) is 0 Å². The monoisotopic (exact) mass is 375 g/mol. The Labute approximate surface area is 156 Å². The van der Waals surface area contributed by atoms with Gasteiger partial charge in [0, 0.05) is 10.4 Å². The molecule has 1 aliphatic carbocycles. The summed E-state index contributed by atoms with van der Waals surface area (Å²) in [4.78, 5) is 26.2. The van der Waals surface area contributed by atoms with E-state index in [4.69, 9.17) is 4.74 Å². The molecule has 0 spiro atoms. The highest BCUT2D eigenvalue weighted by molar-refractivity contribution is 7.09. The second-order valence-corrected chi connectivity index (χ2v) is 7.65. The molecule has 26 heavy (non-hydrogen) atoms. The Kier molecular flexibility index (Phi) is 5.71. The molecular formula is C20H22FNO3S. The van der Waals surface area contributed by atoms with Crippen LogP contribution >= 0.6 is 11.3 Å². The zero-order valence-electron chi connectivity index (χ0n) is 14.7. The van der Waals surface area contributed by atoms with Crippen LogP contribution in [0.5, 0.6) is 0 Å². The minimum atomic E-state index is -0.992. The van der Waals surface area contributed by atoms with Gasteiger partial charge in [0.15, 0.2) is 6.10 Å². The number of hydrogen-bond donors (Lipinski definition) is 1. The summed E-state index contributed by atoms with van der Waals surface area (Å²) in [5.74, 6) is -1.27. The van der Waals surface area contributed by atoms with Gasteiger partial charge in [-0.3, -0.25) is 9.59 Å². The molecule has 0 bridgehead atoms. The van der Waals surface area contributed by atoms with Crippen molar-refractivity contribution in [3.8, 4) is 0 Å². The molecule has 1 saturated carbocycles. The van der Waals surface area contributed by atoms with Gasteiger partial charge in [-0.25, -0.2) is 4.39 Å². The van der Waals surface area contributed by atoms with E-state index in [1.165, 1.54) is 6.07 Å². The molecular weight excluding hydrogens is 353 g/mol. The van der Waals surface area contributed by atoms with Crippen molar-refractivity contribution in [3.63, 3.8) is 0 Å². The Hall–Kier alpha value is -2.21. The van der Waals surface area contributed by atoms with Gasteiger partial charge in [0.2, 0.25) is 0 Å². The summed E-state index contributed by atoms with van der Waals surface area (Å²) < 4.78 is 19.8. The smallest absolute Gasteiger partial charge is 0.317 e. The van der Waals surface area contributed by atoms with Crippen LogP contribution in [0.15, 0.2) is 41.8 Å². The van der Waals surface area contributed by atoms with E-state index in [2.05, 4.69) is 5.32 Å². The molecule has 138 valence electrons. The summed E-state index contributed by atoms with van der Waals surface area (Å²) in [5, 5.41) is 4.70. The average Bonchev–Trinajstić information content (AvgIpc) is 3.32. The fourth-order valence-electron chi connectivity index (χ4n) is 3.47. The van der Waals surface area contributed by atoms with E-state index in [9.17, 15) is 14.0 Å². The van der Waals surface area contributed by atoms with E-state index in [-0.39, 0.29) is 5.91 Å². The van der Waals surface area contributed by atoms with Gasteiger partial charge in [-0.2, -0.15) is 0 Å². The van der Waals surface area contributed by atoms with Crippen molar-refractivity contribution in [1.82, 2.24) is 5.32 Å². The predicted molar refractivity (Wildman–Crippen MR) is 98.3 cm³/mol. The lowest BCUT2D eigenvalue weighted by atomic mass is 9.78. The number of hydrogen-bond acceptors (Lipinski definition) is 4. The van der Waals surface area contributed by atoms with Gasteiger partial charge in [-0.15, -0.1) is 11.3 Å². The fraction of sp³-hybridized carbons (Fsp3) is 0.400. The second-order valence-electron chi connectivity index (χ2n) is 6.61. The van der Waals surface area contributed by atoms with Gasteiger partial charge in [0.1, 0.15) is 5.82 Å². The molecule has 0 aliphatic heterocycles. The minimum Gasteiger partial charge on any atom is -0.452 e. The molecule has 0 saturated heterocycles. The lowest BCUT2D eigenvalue weighted by Crippen LogP contribution is -2.42. The fourth-order valence-corrected chi connectivity index (χ4v) is 4.11. The summed E-state index contributed by atoms with van der Waals surface area (Å²) in [5.41, 5.74) is -0.623. The van der Waals surface area contributed by atoms with Crippen LogP contribution in [-0.2, 0) is 26.3 Å². The van der Waals surface area contributed by atoms with Crippen molar-refractivity contribution in [1.29, 1.82) is 0 Å². The highest BCUT2D eigenvalue weighted by atomic mass is 32.1. The molecule has 1 N–H and O–H groups in total. The number of amides is 1. The molecule has 1 amide bonds. The van der Waals surface area contributed by atoms with Gasteiger partial charge in [0.25, 0.3) is 5.91 Å². The standard InChI is InChI=1S/C20H22FNO3S/c1-14(18(23)22-13-15-7-6-12-26-15)25-19(24)20(10-4-5-11-20)16-8-2-3-9-17(16)21/h2-3,6-9,12,14H,4-5,10-11,13H2,1H3,(H,22,23)/t14-/m1/s1. The molecule has 1 aromatic heterocycles. The van der Waals surface area contributed by atoms with Crippen LogP contribution in [-0.4, -0.2) is 18.0 Å². The van der Waals surface area contributed by atoms with Gasteiger partial charge in [-0.05, 0) is 37.3 Å². The lowest BCUT2D eigenvalue weighted by Gasteiger charge is -2.29. The van der Waals surface area contributed by atoms with Crippen molar-refractivity contribution in [3.05, 3.63) is 58.0 Å². The number of halogens is 1. The number of thiophene rings is 1. The van der Waals surface area contributed by atoms with Gasteiger partial charge in [0.05, 0.1) is 12.0 Å². The Bertz CT molecular complexity index is 769. The van der Waals surface area contributed by atoms with E-state index >= 15 is 0 Å². The third-order valence-electron chi connectivity index (χ3n) is 4.91. The quantitative estimate of drug-likeness (QED) is 0.778. The zero-order chi connectivity index (χ0) is 18.6. The number of ether oxygens (including phenoxy) is 1. The number of carbonyl (C=O) groups is 2. The summed E-state index contributed by atoms with van der Waals surface area (Å²) >= 11 is 1.55. The van der Waals surface area contributed by atoms with Crippen LogP contribution in [0.25, 0.3) is 0 Å². The number of benzene rings is 1. The Morgan fingerprint density at radius 3 is 2.62 bits per heavy atom. The Morgan fingerprint density at radius 1 is 1.23 bits per heavy atom. The molecule has 0 radical (unpaired) electrons. The summed E-state index contributed by atoms with van der Waals surface area (Å²) in [6, 6.07) is 10.2. The zero-order valence-corrected chi connectivity index (χ0v) is 15.5. The first-order valence-electron chi connectivity index (χ1n) is 8.79. The van der Waals surface area contributed by atoms with E-state index in [0.717, 1.165) is 17.7 Å². The third-order valence-corrected chi connectivity index (χ3v) is 5.78. The maximum absolute atomic E-state index is 14.3. The number of nitrogens with one attached hydrogen (secondary N) is 1. The highest BCUT2D eigenvalue weighted by Gasteiger charge is 2.46. The lowest BCUT2D eigenvalue weighted by molar-refractivity contribution is -0.160. The van der Waals surface area contributed by atoms with Crippen LogP contribution in [0.1, 0.15) is 43.0 Å². The van der Waals surface area contributed by atoms with Crippen LogP contribution in [0.3, 0.4) is 0 Å². The highest BCUT2D eigenvalue weighted by Crippen LogP contribution is 2.43. The van der Waals surface area contributed by atoms with E-state index in [1.54, 1.807) is 36.5 Å². The molecule has 1 atom stereocenters. The number of esters is 1. The van der Waals surface area contributed by atoms with Crippen molar-refractivity contribution in [2.45, 2.75) is 50.7 Å².